The lowest BCUT2D eigenvalue weighted by molar-refractivity contribution is 0.917. The van der Waals surface area contributed by atoms with Crippen molar-refractivity contribution >= 4 is 34.7 Å². The third kappa shape index (κ3) is 2.00. The van der Waals surface area contributed by atoms with Gasteiger partial charge in [-0.25, -0.2) is 4.98 Å². The second-order valence-corrected chi connectivity index (χ2v) is 4.93. The maximum absolute atomic E-state index is 6.08. The van der Waals surface area contributed by atoms with Gasteiger partial charge in [0.2, 0.25) is 5.16 Å². The Bertz CT molecular complexity index is 711. The molecule has 2 N–H and O–H groups in total. The summed E-state index contributed by atoms with van der Waals surface area (Å²) >= 11 is 7.43. The summed E-state index contributed by atoms with van der Waals surface area (Å²) < 4.78 is 1.87. The summed E-state index contributed by atoms with van der Waals surface area (Å²) in [4.78, 5) is 4.18. The number of aromatic nitrogens is 4. The fourth-order valence-corrected chi connectivity index (χ4v) is 2.55. The van der Waals surface area contributed by atoms with Crippen LogP contribution in [0.5, 0.6) is 0 Å². The zero-order valence-electron chi connectivity index (χ0n) is 9.12. The predicted octanol–water partition coefficient (Wildman–Crippen LogP) is 2.51. The highest BCUT2D eigenvalue weighted by molar-refractivity contribution is 7.99. The highest BCUT2D eigenvalue weighted by Crippen LogP contribution is 2.31. The molecule has 0 fully saturated rings. The lowest BCUT2D eigenvalue weighted by Gasteiger charge is -2.02. The van der Waals surface area contributed by atoms with Crippen molar-refractivity contribution in [2.24, 2.45) is 0 Å². The van der Waals surface area contributed by atoms with E-state index >= 15 is 0 Å². The Hall–Kier alpha value is -1.79. The summed E-state index contributed by atoms with van der Waals surface area (Å²) in [5, 5.41) is 10.0. The van der Waals surface area contributed by atoms with Gasteiger partial charge in [0.1, 0.15) is 5.03 Å². The van der Waals surface area contributed by atoms with Crippen molar-refractivity contribution in [1.29, 1.82) is 0 Å². The number of hydrogen-bond acceptors (Lipinski definition) is 5. The minimum absolute atomic E-state index is 0.507. The van der Waals surface area contributed by atoms with Crippen LogP contribution in [0.25, 0.3) is 5.65 Å². The fraction of sp³-hybridized carbons (Fsp3) is 0. The van der Waals surface area contributed by atoms with Crippen LogP contribution in [0.2, 0.25) is 5.02 Å². The molecule has 0 unspecified atom stereocenters. The molecule has 0 aliphatic carbocycles. The number of fused-ring (bicyclic) bond motifs is 1. The second kappa shape index (κ2) is 4.47. The average molecular weight is 278 g/mol. The first-order valence-corrected chi connectivity index (χ1v) is 6.32. The van der Waals surface area contributed by atoms with Crippen LogP contribution in [0.1, 0.15) is 0 Å². The molecule has 7 heteroatoms. The molecular formula is C11H8ClN5S. The van der Waals surface area contributed by atoms with Gasteiger partial charge in [-0.1, -0.05) is 17.7 Å². The number of halogens is 1. The van der Waals surface area contributed by atoms with Gasteiger partial charge in [0, 0.05) is 6.20 Å². The lowest BCUT2D eigenvalue weighted by Crippen LogP contribution is -1.91. The molecule has 0 aromatic carbocycles. The molecule has 0 saturated heterocycles. The van der Waals surface area contributed by atoms with Gasteiger partial charge < -0.3 is 5.73 Å². The van der Waals surface area contributed by atoms with Gasteiger partial charge in [0.25, 0.3) is 0 Å². The molecule has 18 heavy (non-hydrogen) atoms. The van der Waals surface area contributed by atoms with Crippen molar-refractivity contribution in [2.45, 2.75) is 10.2 Å². The Morgan fingerprint density at radius 1 is 1.28 bits per heavy atom. The summed E-state index contributed by atoms with van der Waals surface area (Å²) in [6.45, 7) is 0. The number of anilines is 1. The summed E-state index contributed by atoms with van der Waals surface area (Å²) in [7, 11) is 0. The third-order valence-electron chi connectivity index (χ3n) is 2.30. The van der Waals surface area contributed by atoms with Gasteiger partial charge >= 0.3 is 0 Å². The summed E-state index contributed by atoms with van der Waals surface area (Å²) in [5.41, 5.74) is 6.92. The van der Waals surface area contributed by atoms with E-state index < -0.39 is 0 Å². The fourth-order valence-electron chi connectivity index (χ4n) is 1.49. The van der Waals surface area contributed by atoms with E-state index in [0.717, 1.165) is 5.65 Å². The highest BCUT2D eigenvalue weighted by Gasteiger charge is 2.10. The zero-order valence-corrected chi connectivity index (χ0v) is 10.7. The average Bonchev–Trinajstić information content (AvgIpc) is 2.76. The van der Waals surface area contributed by atoms with Gasteiger partial charge in [0.05, 0.1) is 16.9 Å². The molecule has 0 aliphatic rings. The third-order valence-corrected chi connectivity index (χ3v) is 3.68. The standard InChI is InChI=1S/C11H8ClN5S/c12-8-5-7(13)6-14-10(8)18-11-16-15-9-3-1-2-4-17(9)11/h1-6H,13H2. The van der Waals surface area contributed by atoms with Crippen molar-refractivity contribution in [2.75, 3.05) is 5.73 Å². The molecule has 3 aromatic heterocycles. The second-order valence-electron chi connectivity index (χ2n) is 3.57. The van der Waals surface area contributed by atoms with Crippen LogP contribution in [0, 0.1) is 0 Å². The number of nitrogens with zero attached hydrogens (tertiary/aromatic N) is 4. The number of pyridine rings is 2. The van der Waals surface area contributed by atoms with Gasteiger partial charge in [-0.15, -0.1) is 10.2 Å². The van der Waals surface area contributed by atoms with Gasteiger partial charge in [0.15, 0.2) is 5.65 Å². The van der Waals surface area contributed by atoms with Crippen molar-refractivity contribution < 1.29 is 0 Å². The lowest BCUT2D eigenvalue weighted by atomic mass is 10.4. The number of rotatable bonds is 2. The molecule has 0 saturated carbocycles. The summed E-state index contributed by atoms with van der Waals surface area (Å²) in [5.74, 6) is 0. The SMILES string of the molecule is Nc1cnc(Sc2nnc3ccccn23)c(Cl)c1. The molecule has 0 spiro atoms. The Balaban J connectivity index is 2.01. The zero-order chi connectivity index (χ0) is 12.5. The Morgan fingerprint density at radius 3 is 3.00 bits per heavy atom. The summed E-state index contributed by atoms with van der Waals surface area (Å²) in [6.07, 6.45) is 3.46. The van der Waals surface area contributed by atoms with E-state index in [4.69, 9.17) is 17.3 Å². The van der Waals surface area contributed by atoms with Crippen LogP contribution in [-0.4, -0.2) is 19.6 Å². The maximum Gasteiger partial charge on any atom is 0.201 e. The molecule has 0 amide bonds. The molecule has 3 aromatic rings. The molecule has 0 bridgehead atoms. The van der Waals surface area contributed by atoms with Crippen LogP contribution in [-0.2, 0) is 0 Å². The minimum atomic E-state index is 0.507. The van der Waals surface area contributed by atoms with Crippen molar-refractivity contribution in [1.82, 2.24) is 19.6 Å². The Kier molecular flexibility index (Phi) is 2.81. The van der Waals surface area contributed by atoms with Crippen LogP contribution >= 0.6 is 23.4 Å². The smallest absolute Gasteiger partial charge is 0.201 e. The van der Waals surface area contributed by atoms with Gasteiger partial charge in [-0.3, -0.25) is 4.40 Å². The van der Waals surface area contributed by atoms with Crippen molar-refractivity contribution in [3.63, 3.8) is 0 Å². The Labute approximate surface area is 112 Å². The number of hydrogen-bond donors (Lipinski definition) is 1. The van der Waals surface area contributed by atoms with E-state index in [1.165, 1.54) is 11.8 Å². The molecule has 0 aliphatic heterocycles. The monoisotopic (exact) mass is 277 g/mol. The first-order chi connectivity index (χ1) is 8.74. The van der Waals surface area contributed by atoms with Gasteiger partial charge in [-0.2, -0.15) is 0 Å². The van der Waals surface area contributed by atoms with E-state index in [1.807, 2.05) is 28.8 Å². The molecule has 3 heterocycles. The van der Waals surface area contributed by atoms with Crippen LogP contribution in [0.3, 0.4) is 0 Å². The first kappa shape index (κ1) is 11.3. The molecule has 0 radical (unpaired) electrons. The van der Waals surface area contributed by atoms with E-state index in [2.05, 4.69) is 15.2 Å². The van der Waals surface area contributed by atoms with Crippen LogP contribution in [0.4, 0.5) is 5.69 Å². The highest BCUT2D eigenvalue weighted by atomic mass is 35.5. The molecule has 90 valence electrons. The topological polar surface area (TPSA) is 69.1 Å². The van der Waals surface area contributed by atoms with Gasteiger partial charge in [-0.05, 0) is 30.0 Å². The van der Waals surface area contributed by atoms with E-state index in [1.54, 1.807) is 12.3 Å². The maximum atomic E-state index is 6.08. The first-order valence-electron chi connectivity index (χ1n) is 5.13. The normalized spacial score (nSPS) is 10.9. The largest absolute Gasteiger partial charge is 0.397 e. The van der Waals surface area contributed by atoms with Crippen molar-refractivity contribution in [3.8, 4) is 0 Å². The summed E-state index contributed by atoms with van der Waals surface area (Å²) in [6, 6.07) is 7.38. The molecule has 3 rings (SSSR count). The van der Waals surface area contributed by atoms with E-state index in [9.17, 15) is 0 Å². The quantitative estimate of drug-likeness (QED) is 0.779. The van der Waals surface area contributed by atoms with E-state index in [0.29, 0.717) is 20.9 Å². The Morgan fingerprint density at radius 2 is 2.17 bits per heavy atom. The molecule has 5 nitrogen and oxygen atoms in total. The van der Waals surface area contributed by atoms with E-state index in [-0.39, 0.29) is 0 Å². The van der Waals surface area contributed by atoms with Crippen molar-refractivity contribution in [3.05, 3.63) is 41.7 Å². The minimum Gasteiger partial charge on any atom is -0.397 e. The van der Waals surface area contributed by atoms with Crippen LogP contribution < -0.4 is 5.73 Å². The number of nitrogen functional groups attached to an aromatic ring is 1. The predicted molar refractivity (Wildman–Crippen MR) is 70.8 cm³/mol. The van der Waals surface area contributed by atoms with Crippen LogP contribution in [0.15, 0.2) is 46.8 Å². The molecular weight excluding hydrogens is 270 g/mol. The molecule has 0 atom stereocenters. The number of nitrogens with two attached hydrogens (primary N) is 1.